The van der Waals surface area contributed by atoms with Crippen molar-refractivity contribution in [1.82, 2.24) is 5.01 Å². The van der Waals surface area contributed by atoms with Crippen LogP contribution < -0.4 is 5.84 Å². The number of hydrazine groups is 1. The van der Waals surface area contributed by atoms with E-state index in [9.17, 15) is 18.4 Å². The van der Waals surface area contributed by atoms with E-state index >= 15 is 0 Å². The Bertz CT molecular complexity index is 790. The van der Waals surface area contributed by atoms with Crippen LogP contribution in [0.4, 0.5) is 8.78 Å². The lowest BCUT2D eigenvalue weighted by Crippen LogP contribution is -2.50. The summed E-state index contributed by atoms with van der Waals surface area (Å²) in [6.45, 7) is 6.85. The second kappa shape index (κ2) is 12.8. The van der Waals surface area contributed by atoms with Crippen molar-refractivity contribution in [3.8, 4) is 0 Å². The Morgan fingerprint density at radius 2 is 1.45 bits per heavy atom. The van der Waals surface area contributed by atoms with Gasteiger partial charge in [0.2, 0.25) is 0 Å². The largest absolute Gasteiger partial charge is 0.276 e. The number of benzene rings is 2. The van der Waals surface area contributed by atoms with Crippen LogP contribution in [0.25, 0.3) is 0 Å². The highest BCUT2D eigenvalue weighted by molar-refractivity contribution is 6.67. The number of nitrogens with two attached hydrogens (primary N) is 1. The molecule has 2 N–H and O–H groups in total. The molecule has 2 aromatic carbocycles. The molecule has 0 unspecified atom stereocenters. The predicted molar refractivity (Wildman–Crippen MR) is 117 cm³/mol. The number of carbonyl (C=O) groups excluding carboxylic acids is 2. The molecule has 0 saturated carbocycles. The van der Waals surface area contributed by atoms with Gasteiger partial charge in [-0.2, -0.15) is 0 Å². The highest BCUT2D eigenvalue weighted by Crippen LogP contribution is 2.19. The van der Waals surface area contributed by atoms with E-state index in [2.05, 4.69) is 0 Å². The maximum Gasteiger partial charge on any atom is 0.268 e. The van der Waals surface area contributed by atoms with E-state index in [1.165, 1.54) is 0 Å². The van der Waals surface area contributed by atoms with Gasteiger partial charge in [0.15, 0.2) is 0 Å². The van der Waals surface area contributed by atoms with Gasteiger partial charge in [-0.3, -0.25) is 14.6 Å². The molecule has 0 aromatic heterocycles. The normalized spacial score (nSPS) is 9.93. The van der Waals surface area contributed by atoms with Crippen molar-refractivity contribution >= 4 is 47.6 Å². The number of carbonyl (C=O) groups is 2. The van der Waals surface area contributed by atoms with Gasteiger partial charge in [-0.1, -0.05) is 37.3 Å². The van der Waals surface area contributed by atoms with Crippen LogP contribution in [-0.4, -0.2) is 21.7 Å². The molecule has 4 nitrogen and oxygen atoms in total. The maximum absolute atomic E-state index is 13.6. The molecule has 0 heterocycles. The highest BCUT2D eigenvalue weighted by atomic mass is 35.5. The van der Waals surface area contributed by atoms with Crippen LogP contribution in [0.1, 0.15) is 54.0 Å². The minimum absolute atomic E-state index is 0. The fourth-order valence-corrected chi connectivity index (χ4v) is 2.20. The first-order valence-electron chi connectivity index (χ1n) is 8.31. The summed E-state index contributed by atoms with van der Waals surface area (Å²) in [7, 11) is 0. The Balaban J connectivity index is 0. The minimum atomic E-state index is -0.719. The topological polar surface area (TPSA) is 63.4 Å². The second-order valence-electron chi connectivity index (χ2n) is 6.76. The first kappa shape index (κ1) is 29.5. The van der Waals surface area contributed by atoms with Gasteiger partial charge in [-0.25, -0.2) is 14.6 Å². The summed E-state index contributed by atoms with van der Waals surface area (Å²) in [6, 6.07) is 10.8. The van der Waals surface area contributed by atoms with Crippen LogP contribution in [0.5, 0.6) is 0 Å². The zero-order valence-corrected chi connectivity index (χ0v) is 18.9. The lowest BCUT2D eigenvalue weighted by Gasteiger charge is -2.31. The van der Waals surface area contributed by atoms with Gasteiger partial charge in [0, 0.05) is 16.7 Å². The standard InChI is InChI=1S/C13H18F2N2O.C7H5ClO.2ClH/c1-5-9-10(14)6-8(7-11(9)15)12(18)17(16)13(2,3)4;8-7(9)6-4-2-1-3-5-6;;/h6-7H,5,16H2,1-4H3;1-5H;2*1H. The molecule has 2 rings (SSSR count). The molecule has 0 radical (unpaired) electrons. The van der Waals surface area contributed by atoms with Gasteiger partial charge in [-0.05, 0) is 50.9 Å². The summed E-state index contributed by atoms with van der Waals surface area (Å²) in [5.41, 5.74) is -0.183. The monoisotopic (exact) mass is 468 g/mol. The molecule has 9 heteroatoms. The van der Waals surface area contributed by atoms with Crippen molar-refractivity contribution in [2.45, 2.75) is 39.7 Å². The van der Waals surface area contributed by atoms with Crippen LogP contribution in [0.15, 0.2) is 42.5 Å². The maximum atomic E-state index is 13.6. The molecule has 0 fully saturated rings. The second-order valence-corrected chi connectivity index (χ2v) is 7.10. The van der Waals surface area contributed by atoms with Crippen LogP contribution in [0.2, 0.25) is 0 Å². The van der Waals surface area contributed by atoms with Crippen molar-refractivity contribution < 1.29 is 18.4 Å². The lowest BCUT2D eigenvalue weighted by molar-refractivity contribution is 0.0580. The van der Waals surface area contributed by atoms with E-state index in [0.29, 0.717) is 5.56 Å². The van der Waals surface area contributed by atoms with E-state index in [-0.39, 0.29) is 42.4 Å². The number of rotatable bonds is 3. The summed E-state index contributed by atoms with van der Waals surface area (Å²) < 4.78 is 27.2. The average molecular weight is 470 g/mol. The van der Waals surface area contributed by atoms with Crippen LogP contribution >= 0.6 is 36.4 Å². The Morgan fingerprint density at radius 1 is 1.00 bits per heavy atom. The molecule has 0 atom stereocenters. The van der Waals surface area contributed by atoms with Gasteiger partial charge in [0.05, 0.1) is 5.54 Å². The smallest absolute Gasteiger partial charge is 0.268 e. The van der Waals surface area contributed by atoms with Crippen LogP contribution in [-0.2, 0) is 6.42 Å². The van der Waals surface area contributed by atoms with Crippen molar-refractivity contribution in [3.63, 3.8) is 0 Å². The lowest BCUT2D eigenvalue weighted by atomic mass is 10.0. The van der Waals surface area contributed by atoms with E-state index in [4.69, 9.17) is 17.4 Å². The van der Waals surface area contributed by atoms with Gasteiger partial charge >= 0.3 is 0 Å². The van der Waals surface area contributed by atoms with Gasteiger partial charge < -0.3 is 0 Å². The number of amides is 1. The van der Waals surface area contributed by atoms with E-state index < -0.39 is 28.3 Å². The minimum Gasteiger partial charge on any atom is -0.276 e. The number of hydrogen-bond acceptors (Lipinski definition) is 3. The quantitative estimate of drug-likeness (QED) is 0.277. The van der Waals surface area contributed by atoms with Gasteiger partial charge in [-0.15, -0.1) is 24.8 Å². The highest BCUT2D eigenvalue weighted by Gasteiger charge is 2.25. The Labute approximate surface area is 187 Å². The predicted octanol–water partition coefficient (Wildman–Crippen LogP) is 5.55. The fourth-order valence-electron chi connectivity index (χ4n) is 2.08. The van der Waals surface area contributed by atoms with Crippen molar-refractivity contribution in [2.24, 2.45) is 5.84 Å². The molecule has 0 aliphatic rings. The summed E-state index contributed by atoms with van der Waals surface area (Å²) in [4.78, 5) is 22.4. The summed E-state index contributed by atoms with van der Waals surface area (Å²) in [5, 5.41) is 0.558. The van der Waals surface area contributed by atoms with Crippen molar-refractivity contribution in [1.29, 1.82) is 0 Å². The number of nitrogens with zero attached hydrogens (tertiary/aromatic N) is 1. The Morgan fingerprint density at radius 3 is 1.76 bits per heavy atom. The summed E-state index contributed by atoms with van der Waals surface area (Å²) >= 11 is 5.16. The molecule has 0 saturated heterocycles. The van der Waals surface area contributed by atoms with E-state index in [1.54, 1.807) is 52.0 Å². The Hall–Kier alpha value is -1.73. The summed E-state index contributed by atoms with van der Waals surface area (Å²) in [6.07, 6.45) is 0.234. The SMILES string of the molecule is CCc1c(F)cc(C(=O)N(N)C(C)(C)C)cc1F.Cl.Cl.O=C(Cl)c1ccccc1. The number of halogens is 5. The summed E-state index contributed by atoms with van der Waals surface area (Å²) in [5.74, 6) is 3.59. The first-order chi connectivity index (χ1) is 12.5. The molecule has 2 aromatic rings. The van der Waals surface area contributed by atoms with Crippen molar-refractivity contribution in [3.05, 3.63) is 70.8 Å². The molecule has 0 bridgehead atoms. The van der Waals surface area contributed by atoms with E-state index in [0.717, 1.165) is 17.1 Å². The first-order valence-corrected chi connectivity index (χ1v) is 8.68. The molecule has 0 aliphatic heterocycles. The Kier molecular flexibility index (Phi) is 13.0. The third kappa shape index (κ3) is 8.66. The molecule has 29 heavy (non-hydrogen) atoms. The van der Waals surface area contributed by atoms with Crippen LogP contribution in [0, 0.1) is 11.6 Å². The molecular weight excluding hydrogens is 445 g/mol. The van der Waals surface area contributed by atoms with Crippen LogP contribution in [0.3, 0.4) is 0 Å². The van der Waals surface area contributed by atoms with Gasteiger partial charge in [0.25, 0.3) is 11.1 Å². The third-order valence-electron chi connectivity index (χ3n) is 3.68. The number of hydrogen-bond donors (Lipinski definition) is 1. The molecule has 0 aliphatic carbocycles. The molecular formula is C20H25Cl3F2N2O2. The van der Waals surface area contributed by atoms with Gasteiger partial charge in [0.1, 0.15) is 11.6 Å². The zero-order valence-electron chi connectivity index (χ0n) is 16.5. The van der Waals surface area contributed by atoms with E-state index in [1.807, 2.05) is 6.07 Å². The van der Waals surface area contributed by atoms with Crippen molar-refractivity contribution in [2.75, 3.05) is 0 Å². The average Bonchev–Trinajstić information content (AvgIpc) is 2.60. The zero-order chi connectivity index (χ0) is 20.8. The molecule has 0 spiro atoms. The third-order valence-corrected chi connectivity index (χ3v) is 3.90. The fraction of sp³-hybridized carbons (Fsp3) is 0.300. The molecule has 1 amide bonds. The molecule has 162 valence electrons.